The van der Waals surface area contributed by atoms with Crippen molar-refractivity contribution < 1.29 is 9.53 Å². The van der Waals surface area contributed by atoms with Gasteiger partial charge in [0.05, 0.1) is 7.11 Å². The number of hydrogen-bond acceptors (Lipinski definition) is 3. The quantitative estimate of drug-likeness (QED) is 0.388. The summed E-state index contributed by atoms with van der Waals surface area (Å²) in [6, 6.07) is 11.5. The fourth-order valence-electron chi connectivity index (χ4n) is 2.90. The number of nitrogens with zero attached hydrogens (tertiary/aromatic N) is 1. The molecular weight excluding hydrogens is 386 g/mol. The van der Waals surface area contributed by atoms with Gasteiger partial charge in [0, 0.05) is 24.1 Å². The Bertz CT molecular complexity index is 926. The van der Waals surface area contributed by atoms with Crippen LogP contribution in [0.2, 0.25) is 0 Å². The summed E-state index contributed by atoms with van der Waals surface area (Å²) in [6.45, 7) is 10.6. The molecule has 0 aliphatic rings. The smallest absolute Gasteiger partial charge is 0.319 e. The molecular formula is C26H33N3O2. The monoisotopic (exact) mass is 419 g/mol. The van der Waals surface area contributed by atoms with E-state index in [4.69, 9.17) is 4.74 Å². The number of benzene rings is 1. The number of methoxy groups -OCH3 is 1. The van der Waals surface area contributed by atoms with Crippen molar-refractivity contribution in [3.8, 4) is 5.75 Å². The fraction of sp³-hybridized carbons (Fsp3) is 0.308. The summed E-state index contributed by atoms with van der Waals surface area (Å²) < 4.78 is 5.13. The Morgan fingerprint density at radius 1 is 1.06 bits per heavy atom. The van der Waals surface area contributed by atoms with Gasteiger partial charge >= 0.3 is 6.03 Å². The summed E-state index contributed by atoms with van der Waals surface area (Å²) in [6.07, 6.45) is 8.60. The lowest BCUT2D eigenvalue weighted by Crippen LogP contribution is -2.33. The molecule has 2 rings (SSSR count). The van der Waals surface area contributed by atoms with Crippen molar-refractivity contribution in [3.63, 3.8) is 0 Å². The molecule has 5 heteroatoms. The molecule has 0 fully saturated rings. The van der Waals surface area contributed by atoms with Crippen LogP contribution in [0, 0.1) is 6.92 Å². The Kier molecular flexibility index (Phi) is 9.56. The third-order valence-corrected chi connectivity index (χ3v) is 4.84. The number of ether oxygens (including phenoxy) is 1. The Morgan fingerprint density at radius 3 is 2.42 bits per heavy atom. The summed E-state index contributed by atoms with van der Waals surface area (Å²) >= 11 is 0. The molecule has 5 nitrogen and oxygen atoms in total. The first-order valence-electron chi connectivity index (χ1n) is 10.5. The van der Waals surface area contributed by atoms with Gasteiger partial charge in [0.1, 0.15) is 5.75 Å². The molecule has 1 aromatic heterocycles. The lowest BCUT2D eigenvalue weighted by atomic mass is 10.0. The maximum atomic E-state index is 12.1. The van der Waals surface area contributed by atoms with E-state index < -0.39 is 0 Å². The molecule has 0 aliphatic carbocycles. The number of carbonyl (C=O) groups excluding carboxylic acids is 1. The van der Waals surface area contributed by atoms with E-state index in [1.54, 1.807) is 7.11 Å². The van der Waals surface area contributed by atoms with Crippen LogP contribution in [-0.2, 0) is 13.0 Å². The van der Waals surface area contributed by atoms with Crippen LogP contribution in [-0.4, -0.2) is 18.1 Å². The lowest BCUT2D eigenvalue weighted by Gasteiger charge is -2.09. The van der Waals surface area contributed by atoms with Gasteiger partial charge in [-0.1, -0.05) is 42.0 Å². The van der Waals surface area contributed by atoms with Crippen LogP contribution < -0.4 is 15.4 Å². The zero-order valence-corrected chi connectivity index (χ0v) is 19.0. The van der Waals surface area contributed by atoms with Crippen molar-refractivity contribution in [3.05, 3.63) is 95.0 Å². The standard InChI is InChI=1S/C26H33N3O2/c1-19(6-7-20(2)16-24-11-10-21(3)27-18-24)8-9-22(4)29-26(30)28-17-23-12-14-25(31-5)15-13-23/h8-15,18H,2,6-7,16-17H2,1,3-5H3,(H2,28,29,30)/b19-8+,22-9+. The van der Waals surface area contributed by atoms with Gasteiger partial charge in [-0.2, -0.15) is 0 Å². The fourth-order valence-corrected chi connectivity index (χ4v) is 2.90. The second-order valence-corrected chi connectivity index (χ2v) is 7.75. The average molecular weight is 420 g/mol. The lowest BCUT2D eigenvalue weighted by molar-refractivity contribution is 0.243. The predicted molar refractivity (Wildman–Crippen MR) is 127 cm³/mol. The van der Waals surface area contributed by atoms with Crippen LogP contribution in [0.5, 0.6) is 5.75 Å². The molecule has 2 N–H and O–H groups in total. The Hall–Kier alpha value is -3.34. The van der Waals surface area contributed by atoms with E-state index in [1.165, 1.54) is 16.7 Å². The molecule has 164 valence electrons. The number of aromatic nitrogens is 1. The van der Waals surface area contributed by atoms with E-state index in [0.29, 0.717) is 6.54 Å². The van der Waals surface area contributed by atoms with Crippen molar-refractivity contribution in [1.29, 1.82) is 0 Å². The highest BCUT2D eigenvalue weighted by Crippen LogP contribution is 2.15. The average Bonchev–Trinajstić information content (AvgIpc) is 2.76. The Labute approximate surface area is 185 Å². The number of aryl methyl sites for hydroxylation is 1. The third-order valence-electron chi connectivity index (χ3n) is 4.84. The van der Waals surface area contributed by atoms with E-state index in [2.05, 4.69) is 35.2 Å². The minimum absolute atomic E-state index is 0.226. The van der Waals surface area contributed by atoms with Gasteiger partial charge in [-0.05, 0) is 75.4 Å². The van der Waals surface area contributed by atoms with Crippen molar-refractivity contribution in [2.75, 3.05) is 7.11 Å². The van der Waals surface area contributed by atoms with Crippen LogP contribution in [0.15, 0.2) is 78.2 Å². The second-order valence-electron chi connectivity index (χ2n) is 7.75. The summed E-state index contributed by atoms with van der Waals surface area (Å²) in [5.74, 6) is 0.796. The van der Waals surface area contributed by atoms with E-state index in [1.807, 2.05) is 62.5 Å². The first kappa shape index (κ1) is 23.9. The molecule has 2 amide bonds. The summed E-state index contributed by atoms with van der Waals surface area (Å²) in [7, 11) is 1.63. The maximum absolute atomic E-state index is 12.1. The van der Waals surface area contributed by atoms with Gasteiger partial charge in [-0.3, -0.25) is 4.98 Å². The zero-order chi connectivity index (χ0) is 22.6. The normalized spacial score (nSPS) is 11.7. The molecule has 0 saturated carbocycles. The van der Waals surface area contributed by atoms with Gasteiger partial charge in [0.2, 0.25) is 0 Å². The number of hydrogen-bond donors (Lipinski definition) is 2. The zero-order valence-electron chi connectivity index (χ0n) is 19.0. The SMILES string of the molecule is C=C(CC/C(C)=C/C=C(\C)NC(=O)NCc1ccc(OC)cc1)Cc1ccc(C)nc1. The van der Waals surface area contributed by atoms with E-state index in [-0.39, 0.29) is 6.03 Å². The number of carbonyl (C=O) groups is 1. The van der Waals surface area contributed by atoms with Gasteiger partial charge in [-0.25, -0.2) is 4.79 Å². The molecule has 0 bridgehead atoms. The Balaban J connectivity index is 1.72. The van der Waals surface area contributed by atoms with Crippen LogP contribution in [0.3, 0.4) is 0 Å². The van der Waals surface area contributed by atoms with E-state index in [9.17, 15) is 4.79 Å². The molecule has 31 heavy (non-hydrogen) atoms. The number of nitrogens with one attached hydrogen (secondary N) is 2. The second kappa shape index (κ2) is 12.4. The third kappa shape index (κ3) is 9.34. The largest absolute Gasteiger partial charge is 0.497 e. The van der Waals surface area contributed by atoms with Gasteiger partial charge in [0.15, 0.2) is 0 Å². The highest BCUT2D eigenvalue weighted by atomic mass is 16.5. The van der Waals surface area contributed by atoms with Gasteiger partial charge in [0.25, 0.3) is 0 Å². The van der Waals surface area contributed by atoms with Crippen LogP contribution in [0.1, 0.15) is 43.5 Å². The number of allylic oxidation sites excluding steroid dienone is 5. The highest BCUT2D eigenvalue weighted by Gasteiger charge is 2.02. The van der Waals surface area contributed by atoms with E-state index in [0.717, 1.165) is 42.0 Å². The molecule has 0 radical (unpaired) electrons. The molecule has 0 unspecified atom stereocenters. The van der Waals surface area contributed by atoms with E-state index >= 15 is 0 Å². The van der Waals surface area contributed by atoms with Crippen molar-refractivity contribution >= 4 is 6.03 Å². The van der Waals surface area contributed by atoms with Gasteiger partial charge in [-0.15, -0.1) is 0 Å². The topological polar surface area (TPSA) is 63.2 Å². The minimum atomic E-state index is -0.226. The molecule has 0 spiro atoms. The molecule has 1 aromatic carbocycles. The van der Waals surface area contributed by atoms with Crippen LogP contribution in [0.4, 0.5) is 4.79 Å². The maximum Gasteiger partial charge on any atom is 0.319 e. The van der Waals surface area contributed by atoms with Crippen molar-refractivity contribution in [1.82, 2.24) is 15.6 Å². The highest BCUT2D eigenvalue weighted by molar-refractivity contribution is 5.75. The number of pyridine rings is 1. The molecule has 0 saturated heterocycles. The Morgan fingerprint density at radius 2 is 1.77 bits per heavy atom. The first-order valence-corrected chi connectivity index (χ1v) is 10.5. The number of rotatable bonds is 10. The van der Waals surface area contributed by atoms with Gasteiger partial charge < -0.3 is 15.4 Å². The first-order chi connectivity index (χ1) is 14.9. The molecule has 2 aromatic rings. The van der Waals surface area contributed by atoms with Crippen LogP contribution >= 0.6 is 0 Å². The molecule has 0 atom stereocenters. The summed E-state index contributed by atoms with van der Waals surface area (Å²) in [5, 5.41) is 5.70. The van der Waals surface area contributed by atoms with Crippen LogP contribution in [0.25, 0.3) is 0 Å². The minimum Gasteiger partial charge on any atom is -0.497 e. The van der Waals surface area contributed by atoms with Crippen molar-refractivity contribution in [2.45, 2.75) is 46.6 Å². The van der Waals surface area contributed by atoms with Crippen molar-refractivity contribution in [2.24, 2.45) is 0 Å². The molecule has 0 aliphatic heterocycles. The summed E-state index contributed by atoms with van der Waals surface area (Å²) in [4.78, 5) is 16.4. The number of urea groups is 1. The summed E-state index contributed by atoms with van der Waals surface area (Å²) in [5.41, 5.74) is 6.44. The number of amides is 2. The molecule has 1 heterocycles. The predicted octanol–water partition coefficient (Wildman–Crippen LogP) is 5.63.